The number of rotatable bonds is 10. The average Bonchev–Trinajstić information content (AvgIpc) is 3.09. The Kier molecular flexibility index (Phi) is 13.4. The molecule has 25 heavy (non-hydrogen) atoms. The third-order valence-corrected chi connectivity index (χ3v) is 3.63. The van der Waals surface area contributed by atoms with Crippen molar-refractivity contribution in [2.24, 2.45) is 5.73 Å². The van der Waals surface area contributed by atoms with Gasteiger partial charge in [-0.25, -0.2) is 9.59 Å². The summed E-state index contributed by atoms with van der Waals surface area (Å²) in [7, 11) is 0. The molecule has 1 fully saturated rings. The second-order valence-corrected chi connectivity index (χ2v) is 5.80. The number of nitrogens with two attached hydrogens (primary N) is 1. The predicted molar refractivity (Wildman–Crippen MR) is 92.4 cm³/mol. The van der Waals surface area contributed by atoms with Gasteiger partial charge in [0.15, 0.2) is 0 Å². The van der Waals surface area contributed by atoms with Crippen molar-refractivity contribution >= 4 is 18.0 Å². The standard InChI is InChI=1S/C11H22N2O4.C5H9NO2/c1-2-3-8-17-11(16)13-9(10(14)15)6-4-5-7-12;7-5(8)4-2-1-3-6-4/h9H,2-8,12H2,1H3,(H,13,16)(H,14,15);4,6H,1-3H2,(H,7,8)/t9-;4-/m00/s1. The van der Waals surface area contributed by atoms with Crippen molar-refractivity contribution in [3.05, 3.63) is 0 Å². The van der Waals surface area contributed by atoms with E-state index >= 15 is 0 Å². The fourth-order valence-electron chi connectivity index (χ4n) is 2.14. The molecule has 9 heteroatoms. The Bertz CT molecular complexity index is 399. The third-order valence-electron chi connectivity index (χ3n) is 3.63. The lowest BCUT2D eigenvalue weighted by atomic mass is 10.1. The quantitative estimate of drug-likeness (QED) is 0.360. The van der Waals surface area contributed by atoms with Gasteiger partial charge in [0, 0.05) is 0 Å². The molecule has 146 valence electrons. The van der Waals surface area contributed by atoms with Gasteiger partial charge in [0.25, 0.3) is 0 Å². The maximum atomic E-state index is 11.2. The number of ether oxygens (including phenoxy) is 1. The molecule has 0 radical (unpaired) electrons. The van der Waals surface area contributed by atoms with Crippen LogP contribution in [0.3, 0.4) is 0 Å². The van der Waals surface area contributed by atoms with Crippen LogP contribution in [0.1, 0.15) is 51.9 Å². The minimum atomic E-state index is -1.05. The normalized spacial score (nSPS) is 17.1. The summed E-state index contributed by atoms with van der Waals surface area (Å²) in [6.45, 7) is 3.68. The van der Waals surface area contributed by atoms with E-state index in [1.165, 1.54) is 0 Å². The number of carboxylic acids is 2. The number of amides is 1. The summed E-state index contributed by atoms with van der Waals surface area (Å²) in [6.07, 6.45) is 4.60. The van der Waals surface area contributed by atoms with Gasteiger partial charge in [0.2, 0.25) is 0 Å². The summed E-state index contributed by atoms with van der Waals surface area (Å²) in [5.41, 5.74) is 5.31. The van der Waals surface area contributed by atoms with Gasteiger partial charge in [0.05, 0.1) is 6.61 Å². The maximum absolute atomic E-state index is 11.2. The predicted octanol–water partition coefficient (Wildman–Crippen LogP) is 0.918. The van der Waals surface area contributed by atoms with Crippen molar-refractivity contribution in [2.45, 2.75) is 64.0 Å². The SMILES string of the molecule is CCCCOC(=O)N[C@@H](CCCCN)C(=O)O.O=C(O)[C@@H]1CCCN1. The number of carbonyl (C=O) groups excluding carboxylic acids is 1. The molecule has 0 unspecified atom stereocenters. The largest absolute Gasteiger partial charge is 0.480 e. The minimum absolute atomic E-state index is 0.269. The first-order chi connectivity index (χ1) is 11.9. The van der Waals surface area contributed by atoms with Gasteiger partial charge in [-0.3, -0.25) is 4.79 Å². The Labute approximate surface area is 148 Å². The van der Waals surface area contributed by atoms with E-state index in [-0.39, 0.29) is 6.04 Å². The van der Waals surface area contributed by atoms with E-state index in [1.807, 2.05) is 6.92 Å². The highest BCUT2D eigenvalue weighted by Crippen LogP contribution is 2.03. The summed E-state index contributed by atoms with van der Waals surface area (Å²) in [5, 5.41) is 22.4. The molecule has 0 saturated carbocycles. The molecule has 9 nitrogen and oxygen atoms in total. The monoisotopic (exact) mass is 361 g/mol. The number of unbranched alkanes of at least 4 members (excludes halogenated alkanes) is 2. The molecule has 6 N–H and O–H groups in total. The van der Waals surface area contributed by atoms with Crippen molar-refractivity contribution in [2.75, 3.05) is 19.7 Å². The summed E-state index contributed by atoms with van der Waals surface area (Å²) in [6, 6.07) is -1.16. The van der Waals surface area contributed by atoms with E-state index in [4.69, 9.17) is 20.7 Å². The zero-order valence-corrected chi connectivity index (χ0v) is 14.8. The number of aliphatic carboxylic acids is 2. The molecule has 1 saturated heterocycles. The van der Waals surface area contributed by atoms with E-state index in [0.717, 1.165) is 38.6 Å². The van der Waals surface area contributed by atoms with Gasteiger partial charge in [-0.1, -0.05) is 13.3 Å². The van der Waals surface area contributed by atoms with Crippen LogP contribution in [-0.4, -0.2) is 60.0 Å². The van der Waals surface area contributed by atoms with Crippen molar-refractivity contribution in [1.82, 2.24) is 10.6 Å². The molecular formula is C16H31N3O6. The first-order valence-corrected chi connectivity index (χ1v) is 8.74. The first-order valence-electron chi connectivity index (χ1n) is 8.74. The van der Waals surface area contributed by atoms with Crippen LogP contribution in [0.5, 0.6) is 0 Å². The fourth-order valence-corrected chi connectivity index (χ4v) is 2.14. The van der Waals surface area contributed by atoms with Crippen LogP contribution in [0.2, 0.25) is 0 Å². The summed E-state index contributed by atoms with van der Waals surface area (Å²) in [5.74, 6) is -1.77. The molecule has 1 aliphatic rings. The lowest BCUT2D eigenvalue weighted by Gasteiger charge is -2.14. The number of nitrogens with one attached hydrogen (secondary N) is 2. The Morgan fingerprint density at radius 3 is 2.44 bits per heavy atom. The number of carbonyl (C=O) groups is 3. The van der Waals surface area contributed by atoms with Crippen LogP contribution in [-0.2, 0) is 14.3 Å². The van der Waals surface area contributed by atoms with Crippen LogP contribution >= 0.6 is 0 Å². The molecule has 0 spiro atoms. The molecule has 1 rings (SSSR count). The second kappa shape index (κ2) is 14.5. The van der Waals surface area contributed by atoms with Gasteiger partial charge < -0.3 is 31.3 Å². The van der Waals surface area contributed by atoms with Gasteiger partial charge in [0.1, 0.15) is 12.1 Å². The van der Waals surface area contributed by atoms with Crippen molar-refractivity contribution in [3.63, 3.8) is 0 Å². The Hall–Kier alpha value is -1.87. The van der Waals surface area contributed by atoms with Gasteiger partial charge in [-0.2, -0.15) is 0 Å². The molecule has 0 aromatic rings. The van der Waals surface area contributed by atoms with Gasteiger partial charge >= 0.3 is 18.0 Å². The summed E-state index contributed by atoms with van der Waals surface area (Å²) in [4.78, 5) is 32.2. The maximum Gasteiger partial charge on any atom is 0.407 e. The molecule has 1 amide bonds. The molecule has 2 atom stereocenters. The van der Waals surface area contributed by atoms with Crippen LogP contribution in [0.4, 0.5) is 4.79 Å². The van der Waals surface area contributed by atoms with E-state index in [1.54, 1.807) is 0 Å². The Morgan fingerprint density at radius 1 is 1.28 bits per heavy atom. The lowest BCUT2D eigenvalue weighted by molar-refractivity contribution is -0.140. The highest BCUT2D eigenvalue weighted by Gasteiger charge is 2.20. The molecule has 0 bridgehead atoms. The number of alkyl carbamates (subject to hydrolysis) is 1. The topological polar surface area (TPSA) is 151 Å². The van der Waals surface area contributed by atoms with Crippen LogP contribution in [0.25, 0.3) is 0 Å². The smallest absolute Gasteiger partial charge is 0.407 e. The number of hydrogen-bond donors (Lipinski definition) is 5. The van der Waals surface area contributed by atoms with Crippen LogP contribution in [0, 0.1) is 0 Å². The molecule has 0 aromatic heterocycles. The van der Waals surface area contributed by atoms with Crippen molar-refractivity contribution in [3.8, 4) is 0 Å². The van der Waals surface area contributed by atoms with Crippen LogP contribution < -0.4 is 16.4 Å². The molecule has 1 aliphatic heterocycles. The number of carboxylic acid groups (broad SMARTS) is 2. The van der Waals surface area contributed by atoms with Gasteiger partial charge in [-0.15, -0.1) is 0 Å². The van der Waals surface area contributed by atoms with Crippen LogP contribution in [0.15, 0.2) is 0 Å². The minimum Gasteiger partial charge on any atom is -0.480 e. The van der Waals surface area contributed by atoms with Crippen molar-refractivity contribution < 1.29 is 29.3 Å². The molecule has 0 aliphatic carbocycles. The lowest BCUT2D eigenvalue weighted by Crippen LogP contribution is -2.41. The Balaban J connectivity index is 0.000000593. The summed E-state index contributed by atoms with van der Waals surface area (Å²) < 4.78 is 4.83. The fraction of sp³-hybridized carbons (Fsp3) is 0.812. The molecule has 1 heterocycles. The van der Waals surface area contributed by atoms with E-state index in [0.29, 0.717) is 26.0 Å². The Morgan fingerprint density at radius 2 is 2.00 bits per heavy atom. The average molecular weight is 361 g/mol. The van der Waals surface area contributed by atoms with E-state index in [2.05, 4.69) is 10.6 Å². The second-order valence-electron chi connectivity index (χ2n) is 5.80. The highest BCUT2D eigenvalue weighted by atomic mass is 16.5. The molecule has 0 aromatic carbocycles. The number of hydrogen-bond acceptors (Lipinski definition) is 6. The van der Waals surface area contributed by atoms with E-state index in [9.17, 15) is 14.4 Å². The van der Waals surface area contributed by atoms with Gasteiger partial charge in [-0.05, 0) is 51.6 Å². The zero-order valence-electron chi connectivity index (χ0n) is 14.8. The molecular weight excluding hydrogens is 330 g/mol. The highest BCUT2D eigenvalue weighted by molar-refractivity contribution is 5.79. The zero-order chi connectivity index (χ0) is 19.1. The summed E-state index contributed by atoms with van der Waals surface area (Å²) >= 11 is 0. The van der Waals surface area contributed by atoms with Crippen molar-refractivity contribution in [1.29, 1.82) is 0 Å². The van der Waals surface area contributed by atoms with E-state index < -0.39 is 24.1 Å². The first kappa shape index (κ1) is 23.1. The third kappa shape index (κ3) is 12.2.